The first-order valence-electron chi connectivity index (χ1n) is 5.27. The van der Waals surface area contributed by atoms with Gasteiger partial charge in [-0.2, -0.15) is 5.48 Å². The predicted octanol–water partition coefficient (Wildman–Crippen LogP) is 1.92. The standard InChI is InChI=1S/C12H19NO3/c1-5-9-10(8-13-16-4)12(15-3)7-6-11(9)14-2/h6-7,13H,5,8H2,1-4H3. The van der Waals surface area contributed by atoms with Crippen LogP contribution in [0.1, 0.15) is 18.1 Å². The van der Waals surface area contributed by atoms with Crippen molar-refractivity contribution in [3.63, 3.8) is 0 Å². The quantitative estimate of drug-likeness (QED) is 0.751. The second kappa shape index (κ2) is 6.35. The largest absolute Gasteiger partial charge is 0.496 e. The fraction of sp³-hybridized carbons (Fsp3) is 0.500. The summed E-state index contributed by atoms with van der Waals surface area (Å²) < 4.78 is 10.7. The first-order valence-corrected chi connectivity index (χ1v) is 5.27. The van der Waals surface area contributed by atoms with E-state index < -0.39 is 0 Å². The Morgan fingerprint density at radius 1 is 1.00 bits per heavy atom. The summed E-state index contributed by atoms with van der Waals surface area (Å²) in [7, 11) is 4.93. The molecule has 0 radical (unpaired) electrons. The van der Waals surface area contributed by atoms with Gasteiger partial charge in [0.25, 0.3) is 0 Å². The molecule has 1 aromatic rings. The molecule has 0 atom stereocenters. The lowest BCUT2D eigenvalue weighted by Crippen LogP contribution is -2.14. The zero-order chi connectivity index (χ0) is 12.0. The Balaban J connectivity index is 3.14. The number of ether oxygens (including phenoxy) is 2. The maximum atomic E-state index is 5.33. The Labute approximate surface area is 96.5 Å². The van der Waals surface area contributed by atoms with Crippen molar-refractivity contribution in [2.75, 3.05) is 21.3 Å². The Morgan fingerprint density at radius 3 is 2.00 bits per heavy atom. The van der Waals surface area contributed by atoms with Gasteiger partial charge in [0.2, 0.25) is 0 Å². The summed E-state index contributed by atoms with van der Waals surface area (Å²) in [6.07, 6.45) is 0.890. The summed E-state index contributed by atoms with van der Waals surface area (Å²) in [6, 6.07) is 3.83. The lowest BCUT2D eigenvalue weighted by Gasteiger charge is -2.16. The van der Waals surface area contributed by atoms with Crippen LogP contribution in [0.3, 0.4) is 0 Å². The van der Waals surface area contributed by atoms with Gasteiger partial charge in [-0.15, -0.1) is 0 Å². The summed E-state index contributed by atoms with van der Waals surface area (Å²) in [5.41, 5.74) is 5.05. The summed E-state index contributed by atoms with van der Waals surface area (Å²) in [5.74, 6) is 1.73. The second-order valence-electron chi connectivity index (χ2n) is 3.31. The molecule has 0 spiro atoms. The highest BCUT2D eigenvalue weighted by molar-refractivity contribution is 5.48. The molecular weight excluding hydrogens is 206 g/mol. The van der Waals surface area contributed by atoms with E-state index in [1.54, 1.807) is 21.3 Å². The summed E-state index contributed by atoms with van der Waals surface area (Å²) >= 11 is 0. The summed E-state index contributed by atoms with van der Waals surface area (Å²) in [6.45, 7) is 2.69. The van der Waals surface area contributed by atoms with E-state index in [0.29, 0.717) is 6.54 Å². The highest BCUT2D eigenvalue weighted by Gasteiger charge is 2.12. The van der Waals surface area contributed by atoms with Gasteiger partial charge < -0.3 is 14.3 Å². The Kier molecular flexibility index (Phi) is 5.08. The van der Waals surface area contributed by atoms with Crippen molar-refractivity contribution in [1.29, 1.82) is 0 Å². The molecule has 0 aliphatic rings. The molecule has 4 heteroatoms. The van der Waals surface area contributed by atoms with Crippen LogP contribution in [-0.4, -0.2) is 21.3 Å². The molecular formula is C12H19NO3. The van der Waals surface area contributed by atoms with Gasteiger partial charge in [-0.25, -0.2) is 0 Å². The zero-order valence-electron chi connectivity index (χ0n) is 10.3. The monoisotopic (exact) mass is 225 g/mol. The minimum absolute atomic E-state index is 0.597. The number of benzene rings is 1. The fourth-order valence-corrected chi connectivity index (χ4v) is 1.76. The minimum Gasteiger partial charge on any atom is -0.496 e. The minimum atomic E-state index is 0.597. The van der Waals surface area contributed by atoms with Crippen molar-refractivity contribution in [3.8, 4) is 11.5 Å². The molecule has 4 nitrogen and oxygen atoms in total. The molecule has 0 aliphatic heterocycles. The van der Waals surface area contributed by atoms with Gasteiger partial charge >= 0.3 is 0 Å². The van der Waals surface area contributed by atoms with Gasteiger partial charge in [0.15, 0.2) is 0 Å². The molecule has 1 rings (SSSR count). The summed E-state index contributed by atoms with van der Waals surface area (Å²) in [5, 5.41) is 0. The fourth-order valence-electron chi connectivity index (χ4n) is 1.76. The third-order valence-corrected chi connectivity index (χ3v) is 2.53. The average molecular weight is 225 g/mol. The lowest BCUT2D eigenvalue weighted by atomic mass is 10.0. The topological polar surface area (TPSA) is 39.7 Å². The number of nitrogens with one attached hydrogen (secondary N) is 1. The van der Waals surface area contributed by atoms with E-state index in [-0.39, 0.29) is 0 Å². The van der Waals surface area contributed by atoms with Crippen LogP contribution in [-0.2, 0) is 17.8 Å². The van der Waals surface area contributed by atoms with Gasteiger partial charge in [0.05, 0.1) is 27.9 Å². The number of hydrogen-bond donors (Lipinski definition) is 1. The Bertz CT molecular complexity index is 339. The van der Waals surface area contributed by atoms with Gasteiger partial charge in [0.1, 0.15) is 11.5 Å². The van der Waals surface area contributed by atoms with Crippen molar-refractivity contribution in [3.05, 3.63) is 23.3 Å². The van der Waals surface area contributed by atoms with Crippen molar-refractivity contribution in [2.45, 2.75) is 19.9 Å². The van der Waals surface area contributed by atoms with E-state index >= 15 is 0 Å². The van der Waals surface area contributed by atoms with Crippen molar-refractivity contribution in [2.24, 2.45) is 0 Å². The molecule has 0 heterocycles. The average Bonchev–Trinajstić information content (AvgIpc) is 2.34. The Morgan fingerprint density at radius 2 is 1.56 bits per heavy atom. The third kappa shape index (κ3) is 2.65. The van der Waals surface area contributed by atoms with Crippen molar-refractivity contribution < 1.29 is 14.3 Å². The highest BCUT2D eigenvalue weighted by atomic mass is 16.6. The molecule has 0 bridgehead atoms. The Hall–Kier alpha value is -1.26. The molecule has 16 heavy (non-hydrogen) atoms. The molecule has 0 fully saturated rings. The van der Waals surface area contributed by atoms with Gasteiger partial charge in [-0.1, -0.05) is 6.92 Å². The summed E-state index contributed by atoms with van der Waals surface area (Å²) in [4.78, 5) is 4.87. The van der Waals surface area contributed by atoms with E-state index in [9.17, 15) is 0 Å². The molecule has 1 N–H and O–H groups in total. The van der Waals surface area contributed by atoms with Gasteiger partial charge in [0, 0.05) is 11.1 Å². The number of methoxy groups -OCH3 is 2. The van der Waals surface area contributed by atoms with E-state index in [1.165, 1.54) is 0 Å². The maximum Gasteiger partial charge on any atom is 0.123 e. The van der Waals surface area contributed by atoms with E-state index in [1.807, 2.05) is 12.1 Å². The van der Waals surface area contributed by atoms with Crippen LogP contribution in [0.2, 0.25) is 0 Å². The van der Waals surface area contributed by atoms with Crippen LogP contribution < -0.4 is 15.0 Å². The first-order chi connectivity index (χ1) is 7.78. The smallest absolute Gasteiger partial charge is 0.123 e. The SMILES string of the molecule is CCc1c(OC)ccc(OC)c1CNOC. The van der Waals surface area contributed by atoms with E-state index in [0.717, 1.165) is 29.0 Å². The zero-order valence-corrected chi connectivity index (χ0v) is 10.3. The molecule has 1 aromatic carbocycles. The highest BCUT2D eigenvalue weighted by Crippen LogP contribution is 2.30. The van der Waals surface area contributed by atoms with E-state index in [4.69, 9.17) is 14.3 Å². The maximum absolute atomic E-state index is 5.33. The third-order valence-electron chi connectivity index (χ3n) is 2.53. The molecule has 0 amide bonds. The molecule has 0 saturated carbocycles. The molecule has 0 aliphatic carbocycles. The predicted molar refractivity (Wildman–Crippen MR) is 62.8 cm³/mol. The van der Waals surface area contributed by atoms with Gasteiger partial charge in [-0.05, 0) is 18.6 Å². The number of rotatable bonds is 6. The van der Waals surface area contributed by atoms with E-state index in [2.05, 4.69) is 12.4 Å². The lowest BCUT2D eigenvalue weighted by molar-refractivity contribution is 0.0859. The first kappa shape index (κ1) is 12.8. The molecule has 0 saturated heterocycles. The van der Waals surface area contributed by atoms with Crippen LogP contribution in [0.25, 0.3) is 0 Å². The van der Waals surface area contributed by atoms with Gasteiger partial charge in [-0.3, -0.25) is 0 Å². The van der Waals surface area contributed by atoms with Crippen LogP contribution in [0.15, 0.2) is 12.1 Å². The molecule has 0 unspecified atom stereocenters. The number of hydrogen-bond acceptors (Lipinski definition) is 4. The number of hydroxylamine groups is 1. The molecule has 0 aromatic heterocycles. The van der Waals surface area contributed by atoms with Crippen LogP contribution >= 0.6 is 0 Å². The van der Waals surface area contributed by atoms with Crippen molar-refractivity contribution >= 4 is 0 Å². The second-order valence-corrected chi connectivity index (χ2v) is 3.31. The normalized spacial score (nSPS) is 10.2. The molecule has 90 valence electrons. The van der Waals surface area contributed by atoms with Crippen LogP contribution in [0.5, 0.6) is 11.5 Å². The van der Waals surface area contributed by atoms with Crippen molar-refractivity contribution in [1.82, 2.24) is 5.48 Å². The van der Waals surface area contributed by atoms with Crippen LogP contribution in [0.4, 0.5) is 0 Å². The van der Waals surface area contributed by atoms with Crippen LogP contribution in [0, 0.1) is 0 Å².